The van der Waals surface area contributed by atoms with Crippen LogP contribution in [0.15, 0.2) is 24.7 Å². The molecule has 0 aromatic carbocycles. The molecule has 3 aromatic rings. The highest BCUT2D eigenvalue weighted by atomic mass is 32.2. The lowest BCUT2D eigenvalue weighted by atomic mass is 9.79. The van der Waals surface area contributed by atoms with Crippen LogP contribution < -0.4 is 0 Å². The van der Waals surface area contributed by atoms with Crippen LogP contribution in [0.5, 0.6) is 0 Å². The van der Waals surface area contributed by atoms with Crippen LogP contribution in [-0.4, -0.2) is 78.7 Å². The lowest BCUT2D eigenvalue weighted by Gasteiger charge is -2.41. The summed E-state index contributed by atoms with van der Waals surface area (Å²) in [7, 11) is 1.67. The Balaban J connectivity index is 1.29. The largest absolute Gasteiger partial charge is 0.382 e. The third-order valence-electron chi connectivity index (χ3n) is 7.42. The van der Waals surface area contributed by atoms with Gasteiger partial charge in [0.25, 0.3) is 0 Å². The third-order valence-corrected chi connectivity index (χ3v) is 8.52. The molecule has 1 aliphatic carbocycles. The van der Waals surface area contributed by atoms with Crippen LogP contribution in [0.3, 0.4) is 0 Å². The van der Waals surface area contributed by atoms with Gasteiger partial charge in [-0.25, -0.2) is 14.2 Å². The van der Waals surface area contributed by atoms with Gasteiger partial charge in [0.05, 0.1) is 25.5 Å². The molecule has 10 heteroatoms. The first-order valence-corrected chi connectivity index (χ1v) is 13.3. The Kier molecular flexibility index (Phi) is 7.50. The fraction of sp³-hybridized carbons (Fsp3) is 0.625. The van der Waals surface area contributed by atoms with Gasteiger partial charge in [0.1, 0.15) is 5.37 Å². The molecule has 0 amide bonds. The number of ether oxygens (including phenoxy) is 2. The van der Waals surface area contributed by atoms with E-state index in [0.29, 0.717) is 25.7 Å². The normalized spacial score (nSPS) is 26.1. The number of H-pyrrole nitrogens is 1. The van der Waals surface area contributed by atoms with E-state index in [9.17, 15) is 8.76 Å². The molecule has 2 N–H and O–H groups in total. The van der Waals surface area contributed by atoms with E-state index in [0.717, 1.165) is 72.6 Å². The number of methoxy groups -OCH3 is 1. The second kappa shape index (κ2) is 10.7. The molecular formula is C24H33N5O4S. The van der Waals surface area contributed by atoms with Crippen LogP contribution >= 0.6 is 0 Å². The van der Waals surface area contributed by atoms with Crippen molar-refractivity contribution in [2.45, 2.75) is 55.9 Å². The summed E-state index contributed by atoms with van der Waals surface area (Å²) in [4.78, 5) is 11.0. The number of aromatic nitrogens is 4. The van der Waals surface area contributed by atoms with Crippen LogP contribution in [0.2, 0.25) is 0 Å². The zero-order valence-corrected chi connectivity index (χ0v) is 20.4. The molecule has 1 aliphatic heterocycles. The Bertz CT molecular complexity index is 1130. The van der Waals surface area contributed by atoms with Gasteiger partial charge in [0, 0.05) is 53.8 Å². The molecule has 0 bridgehead atoms. The average molecular weight is 488 g/mol. The molecule has 2 aliphatic rings. The number of piperidine rings is 1. The Morgan fingerprint density at radius 2 is 2.06 bits per heavy atom. The van der Waals surface area contributed by atoms with Crippen molar-refractivity contribution in [2.24, 2.45) is 5.92 Å². The Labute approximate surface area is 201 Å². The van der Waals surface area contributed by atoms with Crippen molar-refractivity contribution in [1.29, 1.82) is 0 Å². The minimum atomic E-state index is -1.90. The second-order valence-corrected chi connectivity index (χ2v) is 10.5. The highest BCUT2D eigenvalue weighted by molar-refractivity contribution is 7.79. The maximum atomic E-state index is 12.5. The Morgan fingerprint density at radius 3 is 2.85 bits per heavy atom. The quantitative estimate of drug-likeness (QED) is 0.367. The molecule has 9 nitrogen and oxygen atoms in total. The molecule has 0 radical (unpaired) electrons. The van der Waals surface area contributed by atoms with Crippen molar-refractivity contribution in [1.82, 2.24) is 25.1 Å². The van der Waals surface area contributed by atoms with Gasteiger partial charge in [-0.2, -0.15) is 5.10 Å². The van der Waals surface area contributed by atoms with Gasteiger partial charge in [-0.1, -0.05) is 0 Å². The van der Waals surface area contributed by atoms with Gasteiger partial charge >= 0.3 is 0 Å². The number of hydrogen-bond donors (Lipinski definition) is 2. The average Bonchev–Trinajstić information content (AvgIpc) is 3.34. The number of fused-ring (bicyclic) bond motifs is 3. The highest BCUT2D eigenvalue weighted by Gasteiger charge is 2.38. The smallest absolute Gasteiger partial charge is 0.171 e. The zero-order valence-electron chi connectivity index (χ0n) is 19.6. The summed E-state index contributed by atoms with van der Waals surface area (Å²) < 4.78 is 33.8. The minimum Gasteiger partial charge on any atom is -0.382 e. The van der Waals surface area contributed by atoms with E-state index < -0.39 is 11.1 Å². The minimum absolute atomic E-state index is 0.0943. The molecule has 1 saturated heterocycles. The lowest BCUT2D eigenvalue weighted by molar-refractivity contribution is -0.0290. The number of aromatic amines is 1. The van der Waals surface area contributed by atoms with Crippen LogP contribution in [0.4, 0.5) is 0 Å². The van der Waals surface area contributed by atoms with Crippen molar-refractivity contribution in [3.8, 4) is 0 Å². The maximum absolute atomic E-state index is 12.5. The molecule has 5 rings (SSSR count). The van der Waals surface area contributed by atoms with Crippen molar-refractivity contribution in [3.63, 3.8) is 0 Å². The van der Waals surface area contributed by atoms with E-state index in [4.69, 9.17) is 9.47 Å². The van der Waals surface area contributed by atoms with Crippen molar-refractivity contribution in [3.05, 3.63) is 30.4 Å². The molecular weight excluding hydrogens is 454 g/mol. The first-order valence-electron chi connectivity index (χ1n) is 12.2. The molecule has 0 spiro atoms. The molecule has 3 unspecified atom stereocenters. The summed E-state index contributed by atoms with van der Waals surface area (Å²) in [5.41, 5.74) is 1.88. The molecule has 1 saturated carbocycles. The molecule has 2 fully saturated rings. The molecule has 3 aromatic heterocycles. The van der Waals surface area contributed by atoms with Gasteiger partial charge in [-0.05, 0) is 57.1 Å². The molecule has 4 heterocycles. The van der Waals surface area contributed by atoms with Gasteiger partial charge < -0.3 is 14.0 Å². The van der Waals surface area contributed by atoms with Crippen LogP contribution in [0.1, 0.15) is 50.1 Å². The van der Waals surface area contributed by atoms with Crippen LogP contribution in [0.25, 0.3) is 21.8 Å². The summed E-state index contributed by atoms with van der Waals surface area (Å²) in [6.45, 7) is 2.68. The number of likely N-dealkylation sites (tertiary alicyclic amines) is 1. The van der Waals surface area contributed by atoms with Crippen LogP contribution in [0, 0.1) is 5.92 Å². The van der Waals surface area contributed by atoms with E-state index in [1.54, 1.807) is 13.3 Å². The summed E-state index contributed by atoms with van der Waals surface area (Å²) in [5, 5.41) is 10.5. The molecule has 3 atom stereocenters. The highest BCUT2D eigenvalue weighted by Crippen LogP contribution is 2.41. The number of nitrogens with zero attached hydrogens (tertiary/aromatic N) is 4. The number of nitrogens with one attached hydrogen (secondary N) is 1. The van der Waals surface area contributed by atoms with Crippen LogP contribution in [-0.2, 0) is 20.6 Å². The zero-order chi connectivity index (χ0) is 23.5. The van der Waals surface area contributed by atoms with Gasteiger partial charge in [0.15, 0.2) is 16.7 Å². The van der Waals surface area contributed by atoms with E-state index >= 15 is 0 Å². The van der Waals surface area contributed by atoms with E-state index in [1.807, 2.05) is 18.5 Å². The molecule has 184 valence electrons. The first kappa shape index (κ1) is 23.7. The van der Waals surface area contributed by atoms with Crippen molar-refractivity contribution < 1.29 is 18.2 Å². The topological polar surface area (TPSA) is 113 Å². The lowest BCUT2D eigenvalue weighted by Crippen LogP contribution is -2.51. The Hall–Kier alpha value is -1.98. The monoisotopic (exact) mass is 487 g/mol. The van der Waals surface area contributed by atoms with E-state index in [2.05, 4.69) is 25.1 Å². The maximum Gasteiger partial charge on any atom is 0.171 e. The summed E-state index contributed by atoms with van der Waals surface area (Å²) in [5.74, 6) is 0.511. The van der Waals surface area contributed by atoms with E-state index in [1.165, 1.54) is 0 Å². The standard InChI is InChI=1S/C24H33N5O4S/c1-32-11-12-33-19-3-2-10-29(15-19)24(34(30)31)17-6-4-16(5-7-17)22-21-18(14-27-28-22)13-26-23-20(21)8-9-25-23/h8-9,13-14,16-17,19,24,28H,2-7,10-12,15H2,1H3,(H,30,31). The second-order valence-electron chi connectivity index (χ2n) is 9.46. The number of pyridine rings is 1. The first-order chi connectivity index (χ1) is 16.7. The molecule has 34 heavy (non-hydrogen) atoms. The van der Waals surface area contributed by atoms with Gasteiger partial charge in [0.2, 0.25) is 0 Å². The number of rotatable bonds is 8. The van der Waals surface area contributed by atoms with Crippen molar-refractivity contribution >= 4 is 32.9 Å². The predicted octanol–water partition coefficient (Wildman–Crippen LogP) is 3.46. The third kappa shape index (κ3) is 4.87. The van der Waals surface area contributed by atoms with E-state index in [-0.39, 0.29) is 17.4 Å². The fourth-order valence-electron chi connectivity index (χ4n) is 5.81. The summed E-state index contributed by atoms with van der Waals surface area (Å²) in [6.07, 6.45) is 11.2. The van der Waals surface area contributed by atoms with Gasteiger partial charge in [-0.3, -0.25) is 10.00 Å². The summed E-state index contributed by atoms with van der Waals surface area (Å²) in [6, 6.07) is 2.01. The van der Waals surface area contributed by atoms with Gasteiger partial charge in [-0.15, -0.1) is 0 Å². The fourth-order valence-corrected chi connectivity index (χ4v) is 6.86. The SMILES string of the molecule is COCCOC1CCCN(C(C2CCC(c3[nH]ncc4cnc5nccc5c34)CC2)S(=O)O)C1. The Morgan fingerprint density at radius 1 is 1.21 bits per heavy atom. The predicted molar refractivity (Wildman–Crippen MR) is 131 cm³/mol. The summed E-state index contributed by atoms with van der Waals surface area (Å²) >= 11 is -1.90. The van der Waals surface area contributed by atoms with Crippen molar-refractivity contribution in [2.75, 3.05) is 33.4 Å². The number of hydrogen-bond acceptors (Lipinski definition) is 7.